The largest absolute Gasteiger partial charge is 0.362 e. The highest BCUT2D eigenvalue weighted by Gasteiger charge is 2.51. The second-order valence-electron chi connectivity index (χ2n) is 7.85. The maximum absolute atomic E-state index is 13.1. The summed E-state index contributed by atoms with van der Waals surface area (Å²) in [5.41, 5.74) is 1.74. The number of likely N-dealkylation sites (tertiary alicyclic amines) is 1. The van der Waals surface area contributed by atoms with Crippen LogP contribution in [0.25, 0.3) is 0 Å². The van der Waals surface area contributed by atoms with E-state index in [2.05, 4.69) is 21.2 Å². The molecular formula is C19H25N3O. The van der Waals surface area contributed by atoms with Gasteiger partial charge in [-0.25, -0.2) is 0 Å². The Bertz CT molecular complexity index is 627. The molecule has 5 rings (SSSR count). The smallest absolute Gasteiger partial charge is 0.258 e. The molecule has 23 heavy (non-hydrogen) atoms. The van der Waals surface area contributed by atoms with E-state index < -0.39 is 0 Å². The van der Waals surface area contributed by atoms with Gasteiger partial charge in [-0.2, -0.15) is 0 Å². The molecule has 4 aliphatic rings. The average molecular weight is 311 g/mol. The van der Waals surface area contributed by atoms with Crippen LogP contribution in [0.4, 0.5) is 5.69 Å². The molecular weight excluding hydrogens is 286 g/mol. The highest BCUT2D eigenvalue weighted by molar-refractivity contribution is 6.02. The van der Waals surface area contributed by atoms with E-state index in [1.165, 1.54) is 32.2 Å². The lowest BCUT2D eigenvalue weighted by molar-refractivity contribution is 0.0227. The summed E-state index contributed by atoms with van der Waals surface area (Å²) < 4.78 is 0. The number of nitrogens with one attached hydrogen (secondary N) is 1. The van der Waals surface area contributed by atoms with Crippen LogP contribution in [0, 0.1) is 5.92 Å². The molecule has 3 fully saturated rings. The zero-order valence-corrected chi connectivity index (χ0v) is 13.6. The average Bonchev–Trinajstić information content (AvgIpc) is 3.45. The molecule has 4 nitrogen and oxygen atoms in total. The molecule has 2 aliphatic heterocycles. The Morgan fingerprint density at radius 1 is 1.09 bits per heavy atom. The van der Waals surface area contributed by atoms with Crippen LogP contribution in [0.15, 0.2) is 24.3 Å². The molecule has 1 saturated heterocycles. The molecule has 2 aliphatic carbocycles. The molecule has 4 heteroatoms. The van der Waals surface area contributed by atoms with E-state index in [4.69, 9.17) is 0 Å². The van der Waals surface area contributed by atoms with Crippen LogP contribution in [0.2, 0.25) is 0 Å². The van der Waals surface area contributed by atoms with Crippen molar-refractivity contribution in [2.45, 2.75) is 50.2 Å². The van der Waals surface area contributed by atoms with Gasteiger partial charge in [-0.05, 0) is 43.7 Å². The lowest BCUT2D eigenvalue weighted by atomic mass is 9.89. The molecule has 2 heterocycles. The number of carbonyl (C=O) groups excluding carboxylic acids is 1. The van der Waals surface area contributed by atoms with Crippen molar-refractivity contribution >= 4 is 11.6 Å². The minimum atomic E-state index is -0.146. The van der Waals surface area contributed by atoms with E-state index in [1.807, 2.05) is 18.2 Å². The maximum atomic E-state index is 13.1. The molecule has 1 N–H and O–H groups in total. The zero-order valence-electron chi connectivity index (χ0n) is 13.6. The van der Waals surface area contributed by atoms with Crippen LogP contribution in [0.1, 0.15) is 48.9 Å². The van der Waals surface area contributed by atoms with Crippen LogP contribution in [-0.4, -0.2) is 47.0 Å². The molecule has 2 saturated carbocycles. The first kappa shape index (κ1) is 13.8. The Morgan fingerprint density at radius 3 is 2.52 bits per heavy atom. The third-order valence-electron chi connectivity index (χ3n) is 6.01. The number of hydrogen-bond donors (Lipinski definition) is 1. The van der Waals surface area contributed by atoms with Crippen molar-refractivity contribution in [1.82, 2.24) is 9.80 Å². The van der Waals surface area contributed by atoms with Gasteiger partial charge in [0, 0.05) is 44.2 Å². The normalized spacial score (nSPS) is 27.0. The highest BCUT2D eigenvalue weighted by atomic mass is 16.2. The second kappa shape index (κ2) is 4.97. The Hall–Kier alpha value is -1.55. The number of nitrogens with zero attached hydrogens (tertiary/aromatic N) is 2. The van der Waals surface area contributed by atoms with E-state index in [-0.39, 0.29) is 11.6 Å². The number of anilines is 1. The van der Waals surface area contributed by atoms with Crippen LogP contribution in [0.3, 0.4) is 0 Å². The third-order valence-corrected chi connectivity index (χ3v) is 6.01. The van der Waals surface area contributed by atoms with Crippen molar-refractivity contribution < 1.29 is 4.79 Å². The van der Waals surface area contributed by atoms with Crippen molar-refractivity contribution in [1.29, 1.82) is 0 Å². The minimum Gasteiger partial charge on any atom is -0.362 e. The molecule has 0 atom stereocenters. The van der Waals surface area contributed by atoms with Gasteiger partial charge in [-0.3, -0.25) is 4.79 Å². The molecule has 1 aromatic carbocycles. The number of para-hydroxylation sites is 1. The van der Waals surface area contributed by atoms with E-state index in [9.17, 15) is 4.79 Å². The summed E-state index contributed by atoms with van der Waals surface area (Å²) in [6, 6.07) is 8.49. The third kappa shape index (κ3) is 2.35. The fourth-order valence-corrected chi connectivity index (χ4v) is 4.40. The topological polar surface area (TPSA) is 35.6 Å². The number of piperidine rings is 1. The lowest BCUT2D eigenvalue weighted by Crippen LogP contribution is -2.64. The Labute approximate surface area is 137 Å². The van der Waals surface area contributed by atoms with Gasteiger partial charge in [0.25, 0.3) is 5.91 Å². The van der Waals surface area contributed by atoms with E-state index >= 15 is 0 Å². The van der Waals surface area contributed by atoms with Crippen LogP contribution in [-0.2, 0) is 0 Å². The number of carbonyl (C=O) groups is 1. The van der Waals surface area contributed by atoms with E-state index in [0.29, 0.717) is 6.04 Å². The van der Waals surface area contributed by atoms with Gasteiger partial charge in [0.2, 0.25) is 0 Å². The van der Waals surface area contributed by atoms with Gasteiger partial charge in [0.15, 0.2) is 0 Å². The van der Waals surface area contributed by atoms with Crippen LogP contribution >= 0.6 is 0 Å². The predicted molar refractivity (Wildman–Crippen MR) is 90.4 cm³/mol. The van der Waals surface area contributed by atoms with Crippen molar-refractivity contribution in [3.8, 4) is 0 Å². The number of benzene rings is 1. The van der Waals surface area contributed by atoms with Gasteiger partial charge in [-0.15, -0.1) is 0 Å². The fourth-order valence-electron chi connectivity index (χ4n) is 4.40. The van der Waals surface area contributed by atoms with E-state index in [0.717, 1.165) is 43.1 Å². The van der Waals surface area contributed by atoms with Gasteiger partial charge in [0.1, 0.15) is 5.66 Å². The highest BCUT2D eigenvalue weighted by Crippen LogP contribution is 2.44. The first-order chi connectivity index (χ1) is 11.3. The monoisotopic (exact) mass is 311 g/mol. The molecule has 1 aromatic rings. The summed E-state index contributed by atoms with van der Waals surface area (Å²) >= 11 is 0. The summed E-state index contributed by atoms with van der Waals surface area (Å²) in [6.45, 7) is 3.49. The summed E-state index contributed by atoms with van der Waals surface area (Å²) in [6.07, 6.45) is 7.28. The first-order valence-electron chi connectivity index (χ1n) is 9.18. The van der Waals surface area contributed by atoms with Gasteiger partial charge in [-0.1, -0.05) is 12.1 Å². The molecule has 1 spiro atoms. The van der Waals surface area contributed by atoms with Crippen LogP contribution < -0.4 is 5.32 Å². The molecule has 0 unspecified atom stereocenters. The van der Waals surface area contributed by atoms with Gasteiger partial charge in [0.05, 0.1) is 5.56 Å². The van der Waals surface area contributed by atoms with Crippen molar-refractivity contribution in [3.63, 3.8) is 0 Å². The second-order valence-corrected chi connectivity index (χ2v) is 7.85. The number of fused-ring (bicyclic) bond motifs is 1. The van der Waals surface area contributed by atoms with Gasteiger partial charge < -0.3 is 15.1 Å². The number of rotatable bonds is 3. The maximum Gasteiger partial charge on any atom is 0.258 e. The fraction of sp³-hybridized carbons (Fsp3) is 0.632. The lowest BCUT2D eigenvalue weighted by Gasteiger charge is -2.52. The van der Waals surface area contributed by atoms with Gasteiger partial charge >= 0.3 is 0 Å². The summed E-state index contributed by atoms with van der Waals surface area (Å²) in [5.74, 6) is 1.20. The standard InChI is InChI=1S/C19H25N3O/c23-18-16-3-1-2-4-17(16)20-19(22(18)15-7-8-15)9-11-21(12-10-19)13-14-5-6-14/h1-4,14-15,20H,5-13H2. The van der Waals surface area contributed by atoms with Crippen LogP contribution in [0.5, 0.6) is 0 Å². The molecule has 0 bridgehead atoms. The zero-order chi connectivity index (χ0) is 15.4. The molecule has 122 valence electrons. The Morgan fingerprint density at radius 2 is 1.83 bits per heavy atom. The SMILES string of the molecule is O=C1c2ccccc2NC2(CCN(CC3CC3)CC2)N1C1CC1. The van der Waals surface area contributed by atoms with Crippen molar-refractivity contribution in [2.75, 3.05) is 25.0 Å². The summed E-state index contributed by atoms with van der Waals surface area (Å²) in [7, 11) is 0. The van der Waals surface area contributed by atoms with E-state index in [1.54, 1.807) is 0 Å². The quantitative estimate of drug-likeness (QED) is 0.932. The Balaban J connectivity index is 1.43. The summed E-state index contributed by atoms with van der Waals surface area (Å²) in [5, 5.41) is 3.78. The summed E-state index contributed by atoms with van der Waals surface area (Å²) in [4.78, 5) is 17.9. The number of hydrogen-bond acceptors (Lipinski definition) is 3. The van der Waals surface area contributed by atoms with Crippen molar-refractivity contribution in [2.24, 2.45) is 5.92 Å². The predicted octanol–water partition coefficient (Wildman–Crippen LogP) is 2.92. The molecule has 0 aromatic heterocycles. The molecule has 1 amide bonds. The minimum absolute atomic E-state index is 0.146. The van der Waals surface area contributed by atoms with Crippen molar-refractivity contribution in [3.05, 3.63) is 29.8 Å². The Kier molecular flexibility index (Phi) is 2.99. The first-order valence-corrected chi connectivity index (χ1v) is 9.18. The number of amides is 1. The molecule has 0 radical (unpaired) electrons.